The van der Waals surface area contributed by atoms with Gasteiger partial charge in [0.25, 0.3) is 0 Å². The van der Waals surface area contributed by atoms with E-state index in [1.54, 1.807) is 30.3 Å². The highest BCUT2D eigenvalue weighted by Gasteiger charge is 2.15. The summed E-state index contributed by atoms with van der Waals surface area (Å²) in [4.78, 5) is 0. The maximum Gasteiger partial charge on any atom is 0.126 e. The molecule has 0 bridgehead atoms. The Morgan fingerprint density at radius 2 is 0.980 bits per heavy atom. The summed E-state index contributed by atoms with van der Waals surface area (Å²) in [6, 6.07) is 20.6. The summed E-state index contributed by atoms with van der Waals surface area (Å²) in [5.41, 5.74) is 10.6. The molecule has 0 aliphatic carbocycles. The van der Waals surface area contributed by atoms with Gasteiger partial charge in [-0.1, -0.05) is 89.1 Å². The normalized spacial score (nSPS) is 10.7. The summed E-state index contributed by atoms with van der Waals surface area (Å²) in [6.07, 6.45) is 13.2. The van der Waals surface area contributed by atoms with Gasteiger partial charge in [-0.3, -0.25) is 0 Å². The number of phenols is 5. The first-order valence-electron chi connectivity index (χ1n) is 16.8. The average molecular weight is 661 g/mol. The van der Waals surface area contributed by atoms with Gasteiger partial charge in [0.15, 0.2) is 0 Å². The average Bonchev–Trinajstić information content (AvgIpc) is 3.03. The van der Waals surface area contributed by atoms with Gasteiger partial charge >= 0.3 is 0 Å². The highest BCUT2D eigenvalue weighted by atomic mass is 16.3. The van der Waals surface area contributed by atoms with Crippen LogP contribution >= 0.6 is 0 Å². The van der Waals surface area contributed by atoms with Crippen LogP contribution in [0.25, 0.3) is 12.2 Å². The van der Waals surface area contributed by atoms with Crippen LogP contribution in [0.1, 0.15) is 86.1 Å². The van der Waals surface area contributed by atoms with Crippen molar-refractivity contribution in [1.82, 2.24) is 0 Å². The molecule has 0 aliphatic heterocycles. The monoisotopic (exact) mass is 660 g/mol. The molecule has 0 aromatic heterocycles. The lowest BCUT2D eigenvalue weighted by Crippen LogP contribution is -1.95. The first-order chi connectivity index (χ1) is 23.2. The maximum absolute atomic E-state index is 10.8. The standard InChI is InChI=1S/C24H28O3.C20H24O2/c1-16(2)5-13-21-19(10-7-18-8-11-20(25)12-9-18)15-23(26)22(24(21)27)14-6-17(3)4;1-14(2)4-11-18-19(21)12-17(13-20(18)22)10-9-16-7-5-15(3)6-8-16/h5-12,15,25-27H,13-14H2,1-4H3;4-8,12-13,21-22H,9-11H2,1-3H3/b10-7+;. The minimum absolute atomic E-state index is 0.0938. The molecule has 5 heteroatoms. The van der Waals surface area contributed by atoms with E-state index in [4.69, 9.17) is 0 Å². The molecule has 0 heterocycles. The topological polar surface area (TPSA) is 101 Å². The molecule has 4 rings (SSSR count). The summed E-state index contributed by atoms with van der Waals surface area (Å²) >= 11 is 0. The Kier molecular flexibility index (Phi) is 14.4. The Morgan fingerprint density at radius 3 is 1.51 bits per heavy atom. The molecular formula is C44H52O5. The number of allylic oxidation sites excluding steroid dienone is 6. The Morgan fingerprint density at radius 1 is 0.510 bits per heavy atom. The molecule has 0 radical (unpaired) electrons. The summed E-state index contributed by atoms with van der Waals surface area (Å²) < 4.78 is 0. The molecule has 49 heavy (non-hydrogen) atoms. The lowest BCUT2D eigenvalue weighted by atomic mass is 9.95. The van der Waals surface area contributed by atoms with E-state index in [-0.39, 0.29) is 28.7 Å². The molecule has 0 aliphatic rings. The SMILES string of the molecule is CC(C)=CCc1c(O)cc(/C=C/c2ccc(O)cc2)c(CC=C(C)C)c1O.CC(C)=CCc1c(O)cc(CCc2ccc(C)cc2)cc1O. The fourth-order valence-electron chi connectivity index (χ4n) is 5.11. The van der Waals surface area contributed by atoms with Crippen LogP contribution in [0.15, 0.2) is 102 Å². The molecular weight excluding hydrogens is 608 g/mol. The van der Waals surface area contributed by atoms with Crippen LogP contribution in [0.5, 0.6) is 28.7 Å². The number of rotatable bonds is 11. The highest BCUT2D eigenvalue weighted by Crippen LogP contribution is 2.36. The number of benzene rings is 4. The molecule has 0 amide bonds. The molecule has 0 spiro atoms. The molecule has 4 aromatic carbocycles. The lowest BCUT2D eigenvalue weighted by Gasteiger charge is -2.14. The second kappa shape index (κ2) is 18.4. The fraction of sp³-hybridized carbons (Fsp3) is 0.273. The van der Waals surface area contributed by atoms with Gasteiger partial charge in [-0.15, -0.1) is 0 Å². The van der Waals surface area contributed by atoms with E-state index >= 15 is 0 Å². The van der Waals surface area contributed by atoms with Crippen molar-refractivity contribution in [2.75, 3.05) is 0 Å². The molecule has 4 aromatic rings. The lowest BCUT2D eigenvalue weighted by molar-refractivity contribution is 0.436. The van der Waals surface area contributed by atoms with E-state index in [1.807, 2.05) is 78.0 Å². The number of phenolic OH excluding ortho intramolecular Hbond substituents is 5. The van der Waals surface area contributed by atoms with E-state index in [0.29, 0.717) is 30.4 Å². The van der Waals surface area contributed by atoms with Crippen LogP contribution in [0.4, 0.5) is 0 Å². The van der Waals surface area contributed by atoms with E-state index < -0.39 is 0 Å². The first-order valence-corrected chi connectivity index (χ1v) is 16.8. The Hall–Kier alpha value is -5.16. The van der Waals surface area contributed by atoms with E-state index in [2.05, 4.69) is 37.3 Å². The molecule has 5 nitrogen and oxygen atoms in total. The summed E-state index contributed by atoms with van der Waals surface area (Å²) in [5, 5.41) is 50.9. The highest BCUT2D eigenvalue weighted by molar-refractivity contribution is 5.74. The zero-order valence-corrected chi connectivity index (χ0v) is 30.0. The van der Waals surface area contributed by atoms with E-state index in [0.717, 1.165) is 40.7 Å². The molecule has 5 N–H and O–H groups in total. The molecule has 0 atom stereocenters. The van der Waals surface area contributed by atoms with Gasteiger partial charge in [-0.25, -0.2) is 0 Å². The maximum atomic E-state index is 10.8. The van der Waals surface area contributed by atoms with Gasteiger partial charge in [-0.05, 0) is 133 Å². The Labute approximate surface area is 292 Å². The van der Waals surface area contributed by atoms with Crippen molar-refractivity contribution < 1.29 is 25.5 Å². The smallest absolute Gasteiger partial charge is 0.126 e. The van der Waals surface area contributed by atoms with Crippen LogP contribution in [-0.4, -0.2) is 25.5 Å². The zero-order chi connectivity index (χ0) is 36.1. The zero-order valence-electron chi connectivity index (χ0n) is 30.0. The van der Waals surface area contributed by atoms with Crippen molar-refractivity contribution in [3.63, 3.8) is 0 Å². The van der Waals surface area contributed by atoms with E-state index in [9.17, 15) is 25.5 Å². The second-order valence-corrected chi connectivity index (χ2v) is 13.3. The van der Waals surface area contributed by atoms with Gasteiger partial charge < -0.3 is 25.5 Å². The van der Waals surface area contributed by atoms with Gasteiger partial charge in [0.2, 0.25) is 0 Å². The van der Waals surface area contributed by atoms with Gasteiger partial charge in [0.1, 0.15) is 28.7 Å². The van der Waals surface area contributed by atoms with Gasteiger partial charge in [0, 0.05) is 16.7 Å². The summed E-state index contributed by atoms with van der Waals surface area (Å²) in [7, 11) is 0. The predicted octanol–water partition coefficient (Wildman–Crippen LogP) is 10.7. The van der Waals surface area contributed by atoms with Gasteiger partial charge in [-0.2, -0.15) is 0 Å². The quantitative estimate of drug-likeness (QED) is 0.0814. The fourth-order valence-corrected chi connectivity index (χ4v) is 5.11. The van der Waals surface area contributed by atoms with Crippen LogP contribution in [0, 0.1) is 6.92 Å². The van der Waals surface area contributed by atoms with E-state index in [1.165, 1.54) is 22.3 Å². The molecule has 0 unspecified atom stereocenters. The predicted molar refractivity (Wildman–Crippen MR) is 205 cm³/mol. The Balaban J connectivity index is 0.000000271. The van der Waals surface area contributed by atoms with Crippen LogP contribution < -0.4 is 0 Å². The Bertz CT molecular complexity index is 1790. The van der Waals surface area contributed by atoms with Crippen molar-refractivity contribution in [1.29, 1.82) is 0 Å². The van der Waals surface area contributed by atoms with Crippen molar-refractivity contribution in [2.45, 2.75) is 80.6 Å². The molecule has 0 saturated carbocycles. The number of aryl methyl sites for hydroxylation is 3. The number of aromatic hydroxyl groups is 5. The third-order valence-corrected chi connectivity index (χ3v) is 8.10. The minimum Gasteiger partial charge on any atom is -0.508 e. The molecule has 258 valence electrons. The second-order valence-electron chi connectivity index (χ2n) is 13.3. The summed E-state index contributed by atoms with van der Waals surface area (Å²) in [6.45, 7) is 14.1. The van der Waals surface area contributed by atoms with Crippen LogP contribution in [0.2, 0.25) is 0 Å². The summed E-state index contributed by atoms with van der Waals surface area (Å²) in [5.74, 6) is 0.815. The van der Waals surface area contributed by atoms with Crippen LogP contribution in [-0.2, 0) is 32.1 Å². The molecule has 0 fully saturated rings. The minimum atomic E-state index is 0.0938. The number of hydrogen-bond acceptors (Lipinski definition) is 5. The van der Waals surface area contributed by atoms with Gasteiger partial charge in [0.05, 0.1) is 0 Å². The van der Waals surface area contributed by atoms with Crippen LogP contribution in [0.3, 0.4) is 0 Å². The largest absolute Gasteiger partial charge is 0.508 e. The van der Waals surface area contributed by atoms with Crippen molar-refractivity contribution in [3.05, 3.63) is 146 Å². The first kappa shape index (κ1) is 38.3. The third kappa shape index (κ3) is 12.4. The van der Waals surface area contributed by atoms with Crippen molar-refractivity contribution >= 4 is 12.2 Å². The molecule has 0 saturated heterocycles. The van der Waals surface area contributed by atoms with Crippen molar-refractivity contribution in [2.24, 2.45) is 0 Å². The number of hydrogen-bond donors (Lipinski definition) is 5. The van der Waals surface area contributed by atoms with Crippen molar-refractivity contribution in [3.8, 4) is 28.7 Å². The third-order valence-electron chi connectivity index (χ3n) is 8.10.